The fourth-order valence-corrected chi connectivity index (χ4v) is 14.4. The average Bonchev–Trinajstić information content (AvgIpc) is 2.30. The van der Waals surface area contributed by atoms with Gasteiger partial charge in [-0.05, 0) is 12.1 Å². The van der Waals surface area contributed by atoms with Crippen LogP contribution in [0.4, 0.5) is 26.3 Å². The fourth-order valence-electron chi connectivity index (χ4n) is 2.51. The molecule has 137 valence electrons. The van der Waals surface area contributed by atoms with Gasteiger partial charge in [-0.15, -0.1) is 0 Å². The highest BCUT2D eigenvalue weighted by molar-refractivity contribution is 7.50. The van der Waals surface area contributed by atoms with E-state index in [1.165, 1.54) is 0 Å². The zero-order valence-electron chi connectivity index (χ0n) is 14.4. The maximum absolute atomic E-state index is 13.3. The predicted octanol–water partition coefficient (Wildman–Crippen LogP) is 6.18. The molecule has 0 atom stereocenters. The summed E-state index contributed by atoms with van der Waals surface area (Å²) >= 11 is 0. The first kappa shape index (κ1) is 21.7. The maximum Gasteiger partial charge on any atom is 0.417 e. The molecule has 1 nitrogen and oxygen atoms in total. The Morgan fingerprint density at radius 2 is 1.08 bits per heavy atom. The van der Waals surface area contributed by atoms with Gasteiger partial charge >= 0.3 is 12.4 Å². The Hall–Kier alpha value is -0.376. The van der Waals surface area contributed by atoms with E-state index >= 15 is 0 Å². The largest absolute Gasteiger partial charge is 0.417 e. The van der Waals surface area contributed by atoms with E-state index in [-0.39, 0.29) is 8.73 Å². The van der Waals surface area contributed by atoms with E-state index < -0.39 is 45.3 Å². The molecule has 0 aliphatic rings. The maximum atomic E-state index is 13.3. The summed E-state index contributed by atoms with van der Waals surface area (Å²) in [5.41, 5.74) is -2.42. The molecule has 0 saturated carbocycles. The molecule has 10 heteroatoms. The standard InChI is InChI=1S/C14H21F6NPSi2/c1-23(2,3)21(24(4,5)6)22-12-10(13(15,16)17)8-7-9-11(12)14(18,19)20/h7-9H,1-6H3. The third kappa shape index (κ3) is 5.31. The van der Waals surface area contributed by atoms with Crippen molar-refractivity contribution in [1.82, 2.24) is 4.00 Å². The number of rotatable bonds is 4. The zero-order chi connectivity index (χ0) is 19.1. The van der Waals surface area contributed by atoms with Crippen molar-refractivity contribution in [1.29, 1.82) is 0 Å². The van der Waals surface area contributed by atoms with E-state index in [0.29, 0.717) is 0 Å². The zero-order valence-corrected chi connectivity index (χ0v) is 17.3. The summed E-state index contributed by atoms with van der Waals surface area (Å²) in [6.45, 7) is 11.6. The number of halogens is 6. The lowest BCUT2D eigenvalue weighted by molar-refractivity contribution is -0.141. The van der Waals surface area contributed by atoms with Gasteiger partial charge in [0, 0.05) is 14.0 Å². The molecule has 0 amide bonds. The molecule has 1 rings (SSSR count). The molecule has 0 heterocycles. The van der Waals surface area contributed by atoms with Gasteiger partial charge < -0.3 is 4.00 Å². The van der Waals surface area contributed by atoms with Gasteiger partial charge in [-0.25, -0.2) is 0 Å². The Morgan fingerprint density at radius 3 is 1.33 bits per heavy atom. The highest BCUT2D eigenvalue weighted by atomic mass is 31.1. The van der Waals surface area contributed by atoms with E-state index in [1.54, 1.807) is 0 Å². The van der Waals surface area contributed by atoms with Crippen LogP contribution in [0.5, 0.6) is 0 Å². The lowest BCUT2D eigenvalue weighted by atomic mass is 10.1. The van der Waals surface area contributed by atoms with Gasteiger partial charge in [-0.2, -0.15) is 26.3 Å². The molecule has 0 aliphatic heterocycles. The van der Waals surface area contributed by atoms with Gasteiger partial charge in [0.05, 0.1) is 11.1 Å². The minimum absolute atomic E-state index is 0.00684. The SMILES string of the molecule is C[Si](C)(C)N([P]c1c(C(F)(F)F)cccc1C(F)(F)F)[Si](C)(C)C. The van der Waals surface area contributed by atoms with Crippen molar-refractivity contribution < 1.29 is 26.3 Å². The van der Waals surface area contributed by atoms with E-state index in [4.69, 9.17) is 0 Å². The van der Waals surface area contributed by atoms with Gasteiger partial charge in [0.15, 0.2) is 0 Å². The Kier molecular flexibility index (Phi) is 6.08. The number of hydrogen-bond acceptors (Lipinski definition) is 1. The van der Waals surface area contributed by atoms with Gasteiger partial charge in [-0.1, -0.05) is 45.3 Å². The van der Waals surface area contributed by atoms with Crippen LogP contribution >= 0.6 is 8.73 Å². The van der Waals surface area contributed by atoms with Crippen molar-refractivity contribution in [2.75, 3.05) is 0 Å². The van der Waals surface area contributed by atoms with Crippen molar-refractivity contribution in [3.63, 3.8) is 0 Å². The molecule has 1 radical (unpaired) electrons. The van der Waals surface area contributed by atoms with E-state index in [0.717, 1.165) is 18.2 Å². The second-order valence-electron chi connectivity index (χ2n) is 7.45. The third-order valence-corrected chi connectivity index (χ3v) is 14.8. The second-order valence-corrected chi connectivity index (χ2v) is 19.3. The Labute approximate surface area is 142 Å². The van der Waals surface area contributed by atoms with Crippen molar-refractivity contribution in [2.45, 2.75) is 51.6 Å². The summed E-state index contributed by atoms with van der Waals surface area (Å²) in [4.78, 5) is 0. The van der Waals surface area contributed by atoms with Crippen molar-refractivity contribution >= 4 is 30.5 Å². The van der Waals surface area contributed by atoms with Gasteiger partial charge in [0.1, 0.15) is 16.5 Å². The molecule has 1 aromatic carbocycles. The van der Waals surface area contributed by atoms with Crippen LogP contribution in [-0.4, -0.2) is 20.5 Å². The quantitative estimate of drug-likeness (QED) is 0.329. The summed E-state index contributed by atoms with van der Waals surface area (Å²) < 4.78 is 81.6. The minimum atomic E-state index is -4.83. The minimum Gasteiger partial charge on any atom is -0.316 e. The van der Waals surface area contributed by atoms with Crippen molar-refractivity contribution in [2.24, 2.45) is 0 Å². The number of alkyl halides is 6. The molecule has 0 aliphatic carbocycles. The Balaban J connectivity index is 3.61. The first-order valence-electron chi connectivity index (χ1n) is 7.25. The molecule has 24 heavy (non-hydrogen) atoms. The van der Waals surface area contributed by atoms with Crippen molar-refractivity contribution in [3.05, 3.63) is 29.3 Å². The normalized spacial score (nSPS) is 14.9. The molecule has 0 N–H and O–H groups in total. The number of hydrogen-bond donors (Lipinski definition) is 0. The number of benzene rings is 1. The van der Waals surface area contributed by atoms with E-state index in [1.807, 2.05) is 43.3 Å². The van der Waals surface area contributed by atoms with Crippen LogP contribution in [-0.2, 0) is 12.4 Å². The Bertz CT molecular complexity index is 541. The van der Waals surface area contributed by atoms with Gasteiger partial charge in [-0.3, -0.25) is 0 Å². The summed E-state index contributed by atoms with van der Waals surface area (Å²) in [7, 11) is -4.25. The molecule has 0 bridgehead atoms. The summed E-state index contributed by atoms with van der Waals surface area (Å²) in [6, 6.07) is 2.27. The first-order chi connectivity index (χ1) is 10.5. The van der Waals surface area contributed by atoms with E-state index in [2.05, 4.69) is 0 Å². The smallest absolute Gasteiger partial charge is 0.316 e. The molecular weight excluding hydrogens is 383 g/mol. The Morgan fingerprint density at radius 1 is 0.750 bits per heavy atom. The van der Waals surface area contributed by atoms with E-state index in [9.17, 15) is 26.3 Å². The third-order valence-electron chi connectivity index (χ3n) is 3.12. The number of nitrogens with zero attached hydrogens (tertiary/aromatic N) is 1. The highest BCUT2D eigenvalue weighted by Crippen LogP contribution is 2.41. The molecule has 0 aromatic heterocycles. The monoisotopic (exact) mass is 404 g/mol. The summed E-state index contributed by atoms with van der Waals surface area (Å²) in [6.07, 6.45) is -9.65. The molecule has 0 unspecified atom stereocenters. The molecule has 0 spiro atoms. The molecule has 0 fully saturated rings. The lowest BCUT2D eigenvalue weighted by Crippen LogP contribution is -2.55. The topological polar surface area (TPSA) is 3.24 Å². The van der Waals surface area contributed by atoms with Crippen LogP contribution in [0.1, 0.15) is 11.1 Å². The van der Waals surface area contributed by atoms with Crippen LogP contribution in [0.3, 0.4) is 0 Å². The van der Waals surface area contributed by atoms with Crippen LogP contribution in [0.15, 0.2) is 18.2 Å². The van der Waals surface area contributed by atoms with Crippen molar-refractivity contribution in [3.8, 4) is 0 Å². The van der Waals surface area contributed by atoms with Crippen LogP contribution in [0.25, 0.3) is 0 Å². The van der Waals surface area contributed by atoms with Gasteiger partial charge in [0.2, 0.25) is 0 Å². The highest BCUT2D eigenvalue weighted by Gasteiger charge is 2.44. The van der Waals surface area contributed by atoms with Crippen LogP contribution in [0.2, 0.25) is 39.3 Å². The second kappa shape index (κ2) is 6.74. The van der Waals surface area contributed by atoms with Gasteiger partial charge in [0.25, 0.3) is 0 Å². The average molecular weight is 404 g/mol. The molecular formula is C14H21F6NPSi2. The van der Waals surface area contributed by atoms with Crippen LogP contribution < -0.4 is 5.30 Å². The lowest BCUT2D eigenvalue weighted by Gasteiger charge is -2.43. The fraction of sp³-hybridized carbons (Fsp3) is 0.571. The molecule has 0 saturated heterocycles. The summed E-state index contributed by atoms with van der Waals surface area (Å²) in [5.74, 6) is 0. The first-order valence-corrected chi connectivity index (χ1v) is 15.0. The molecule has 1 aromatic rings. The summed E-state index contributed by atoms with van der Waals surface area (Å²) in [5, 5.41) is -0.692. The van der Waals surface area contributed by atoms with Crippen LogP contribution in [0, 0.1) is 0 Å². The predicted molar refractivity (Wildman–Crippen MR) is 91.5 cm³/mol.